The Bertz CT molecular complexity index is 798. The average Bonchev–Trinajstić information content (AvgIpc) is 2.57. The third-order valence-corrected chi connectivity index (χ3v) is 3.14. The van der Waals surface area contributed by atoms with Crippen LogP contribution in [0.5, 0.6) is 17.6 Å². The van der Waals surface area contributed by atoms with Gasteiger partial charge in [-0.1, -0.05) is 6.07 Å². The highest BCUT2D eigenvalue weighted by molar-refractivity contribution is 9.10. The van der Waals surface area contributed by atoms with Gasteiger partial charge in [0.05, 0.1) is 11.6 Å². The summed E-state index contributed by atoms with van der Waals surface area (Å²) in [7, 11) is 1.55. The molecule has 0 spiro atoms. The first-order valence-corrected chi connectivity index (χ1v) is 7.42. The molecule has 0 saturated carbocycles. The van der Waals surface area contributed by atoms with E-state index in [0.717, 1.165) is 10.2 Å². The molecule has 0 aliphatic carbocycles. The highest BCUT2D eigenvalue weighted by Gasteiger charge is 2.04. The van der Waals surface area contributed by atoms with Crippen LogP contribution >= 0.6 is 15.9 Å². The van der Waals surface area contributed by atoms with Crippen molar-refractivity contribution in [1.82, 2.24) is 19.9 Å². The van der Waals surface area contributed by atoms with Gasteiger partial charge in [-0.2, -0.15) is 4.98 Å². The molecule has 2 aromatic heterocycles. The Morgan fingerprint density at radius 2 is 1.91 bits per heavy atom. The lowest BCUT2D eigenvalue weighted by Crippen LogP contribution is -1.98. The van der Waals surface area contributed by atoms with Gasteiger partial charge >= 0.3 is 6.01 Å². The number of aromatic nitrogens is 4. The largest absolute Gasteiger partial charge is 0.481 e. The van der Waals surface area contributed by atoms with Gasteiger partial charge < -0.3 is 14.8 Å². The Morgan fingerprint density at radius 3 is 2.70 bits per heavy atom. The number of ether oxygens (including phenoxy) is 2. The number of nitrogens with one attached hydrogen (secondary N) is 1. The summed E-state index contributed by atoms with van der Waals surface area (Å²) in [6.45, 7) is 0. The molecule has 0 fully saturated rings. The monoisotopic (exact) mass is 373 g/mol. The highest BCUT2D eigenvalue weighted by Crippen LogP contribution is 2.23. The van der Waals surface area contributed by atoms with E-state index in [-0.39, 0.29) is 6.01 Å². The fourth-order valence-corrected chi connectivity index (χ4v) is 1.95. The van der Waals surface area contributed by atoms with Crippen molar-refractivity contribution in [3.63, 3.8) is 0 Å². The molecule has 116 valence electrons. The van der Waals surface area contributed by atoms with Crippen LogP contribution in [0.2, 0.25) is 0 Å². The summed E-state index contributed by atoms with van der Waals surface area (Å²) in [4.78, 5) is 16.5. The van der Waals surface area contributed by atoms with Crippen molar-refractivity contribution in [2.45, 2.75) is 0 Å². The van der Waals surface area contributed by atoms with Crippen molar-refractivity contribution in [3.8, 4) is 17.6 Å². The molecule has 0 saturated heterocycles. The second-order valence-corrected chi connectivity index (χ2v) is 5.28. The molecule has 3 rings (SSSR count). The predicted octanol–water partition coefficient (Wildman–Crippen LogP) is 3.57. The van der Waals surface area contributed by atoms with E-state index in [1.165, 1.54) is 0 Å². The zero-order valence-electron chi connectivity index (χ0n) is 12.1. The minimum atomic E-state index is 0.267. The maximum atomic E-state index is 5.61. The molecule has 1 N–H and O–H groups in total. The van der Waals surface area contributed by atoms with Crippen LogP contribution < -0.4 is 14.8 Å². The van der Waals surface area contributed by atoms with Gasteiger partial charge in [0.25, 0.3) is 0 Å². The molecular weight excluding hydrogens is 362 g/mol. The Hall–Kier alpha value is -2.74. The lowest BCUT2D eigenvalue weighted by molar-refractivity contribution is 0.397. The third kappa shape index (κ3) is 4.13. The topological polar surface area (TPSA) is 82.0 Å². The van der Waals surface area contributed by atoms with Crippen LogP contribution in [0.15, 0.2) is 53.4 Å². The molecule has 3 aromatic rings. The second kappa shape index (κ2) is 7.01. The maximum Gasteiger partial charge on any atom is 0.321 e. The van der Waals surface area contributed by atoms with Crippen molar-refractivity contribution < 1.29 is 9.47 Å². The Kier molecular flexibility index (Phi) is 4.62. The maximum absolute atomic E-state index is 5.61. The molecule has 0 atom stereocenters. The van der Waals surface area contributed by atoms with E-state index >= 15 is 0 Å². The molecule has 0 aliphatic heterocycles. The van der Waals surface area contributed by atoms with E-state index in [1.807, 2.05) is 18.2 Å². The van der Waals surface area contributed by atoms with Crippen LogP contribution in [0.3, 0.4) is 0 Å². The van der Waals surface area contributed by atoms with Crippen LogP contribution in [-0.2, 0) is 0 Å². The first-order valence-electron chi connectivity index (χ1n) is 6.62. The van der Waals surface area contributed by atoms with Gasteiger partial charge in [-0.05, 0) is 28.1 Å². The van der Waals surface area contributed by atoms with Crippen molar-refractivity contribution in [1.29, 1.82) is 0 Å². The number of anilines is 2. The van der Waals surface area contributed by atoms with Gasteiger partial charge in [0, 0.05) is 36.4 Å². The Morgan fingerprint density at radius 1 is 1.09 bits per heavy atom. The second-order valence-electron chi connectivity index (χ2n) is 4.36. The van der Waals surface area contributed by atoms with Crippen LogP contribution in [-0.4, -0.2) is 27.0 Å². The summed E-state index contributed by atoms with van der Waals surface area (Å²) in [6, 6.07) is 9.27. The van der Waals surface area contributed by atoms with Crippen molar-refractivity contribution >= 4 is 27.6 Å². The molecule has 23 heavy (non-hydrogen) atoms. The molecule has 0 aliphatic rings. The molecule has 0 radical (unpaired) electrons. The number of hydrogen-bond donors (Lipinski definition) is 1. The normalized spacial score (nSPS) is 10.2. The average molecular weight is 374 g/mol. The summed E-state index contributed by atoms with van der Waals surface area (Å²) >= 11 is 3.28. The van der Waals surface area contributed by atoms with Crippen molar-refractivity contribution in [2.75, 3.05) is 12.4 Å². The first kappa shape index (κ1) is 15.2. The van der Waals surface area contributed by atoms with Gasteiger partial charge in [0.1, 0.15) is 5.75 Å². The van der Waals surface area contributed by atoms with Crippen LogP contribution in [0.25, 0.3) is 0 Å². The molecule has 7 nitrogen and oxygen atoms in total. The summed E-state index contributed by atoms with van der Waals surface area (Å²) in [5.41, 5.74) is 0.771. The Labute approximate surface area is 140 Å². The van der Waals surface area contributed by atoms with E-state index in [0.29, 0.717) is 17.6 Å². The minimum absolute atomic E-state index is 0.267. The zero-order chi connectivity index (χ0) is 16.1. The van der Waals surface area contributed by atoms with Crippen molar-refractivity contribution in [2.24, 2.45) is 0 Å². The van der Waals surface area contributed by atoms with E-state index in [1.54, 1.807) is 37.8 Å². The quantitative estimate of drug-likeness (QED) is 0.731. The smallest absolute Gasteiger partial charge is 0.321 e. The van der Waals surface area contributed by atoms with E-state index < -0.39 is 0 Å². The van der Waals surface area contributed by atoms with Crippen LogP contribution in [0, 0.1) is 0 Å². The summed E-state index contributed by atoms with van der Waals surface area (Å²) in [5.74, 6) is 1.51. The molecule has 8 heteroatoms. The number of benzene rings is 1. The van der Waals surface area contributed by atoms with Gasteiger partial charge in [0.15, 0.2) is 0 Å². The Balaban J connectivity index is 1.75. The van der Waals surface area contributed by atoms with Crippen molar-refractivity contribution in [3.05, 3.63) is 53.4 Å². The standard InChI is InChI=1S/C15H12BrN5O2/c1-22-13-5-6-17-14(21-13)20-11-3-2-4-12(7-11)23-15-18-8-10(16)9-19-15/h2-9H,1H3,(H,17,20,21). The van der Waals surface area contributed by atoms with E-state index in [4.69, 9.17) is 9.47 Å². The van der Waals surface area contributed by atoms with Crippen LogP contribution in [0.1, 0.15) is 0 Å². The summed E-state index contributed by atoms with van der Waals surface area (Å²) in [6.07, 6.45) is 4.85. The molecule has 2 heterocycles. The molecule has 0 bridgehead atoms. The predicted molar refractivity (Wildman–Crippen MR) is 88.1 cm³/mol. The molecule has 0 amide bonds. The number of hydrogen-bond acceptors (Lipinski definition) is 7. The number of halogens is 1. The van der Waals surface area contributed by atoms with E-state index in [2.05, 4.69) is 41.2 Å². The summed E-state index contributed by atoms with van der Waals surface area (Å²) in [5, 5.41) is 3.08. The zero-order valence-corrected chi connectivity index (χ0v) is 13.7. The van der Waals surface area contributed by atoms with Gasteiger partial charge in [-0.3, -0.25) is 0 Å². The molecule has 1 aromatic carbocycles. The van der Waals surface area contributed by atoms with Gasteiger partial charge in [-0.15, -0.1) is 0 Å². The molecule has 0 unspecified atom stereocenters. The fraction of sp³-hybridized carbons (Fsp3) is 0.0667. The fourth-order valence-electron chi connectivity index (χ4n) is 1.74. The van der Waals surface area contributed by atoms with E-state index in [9.17, 15) is 0 Å². The lowest BCUT2D eigenvalue weighted by Gasteiger charge is -2.08. The first-order chi connectivity index (χ1) is 11.2. The SMILES string of the molecule is COc1ccnc(Nc2cccc(Oc3ncc(Br)cn3)c2)n1. The summed E-state index contributed by atoms with van der Waals surface area (Å²) < 4.78 is 11.5. The minimum Gasteiger partial charge on any atom is -0.481 e. The number of methoxy groups -OCH3 is 1. The third-order valence-electron chi connectivity index (χ3n) is 2.74. The lowest BCUT2D eigenvalue weighted by atomic mass is 10.3. The van der Waals surface area contributed by atoms with Gasteiger partial charge in [-0.25, -0.2) is 15.0 Å². The van der Waals surface area contributed by atoms with Crippen LogP contribution in [0.4, 0.5) is 11.6 Å². The highest BCUT2D eigenvalue weighted by atomic mass is 79.9. The van der Waals surface area contributed by atoms with Gasteiger partial charge in [0.2, 0.25) is 11.8 Å². The number of rotatable bonds is 5. The molecular formula is C15H12BrN5O2. The number of nitrogens with zero attached hydrogens (tertiary/aromatic N) is 4.